The summed E-state index contributed by atoms with van der Waals surface area (Å²) in [6.07, 6.45) is -0.372. The van der Waals surface area contributed by atoms with Gasteiger partial charge < -0.3 is 5.32 Å². The Morgan fingerprint density at radius 1 is 1.20 bits per heavy atom. The summed E-state index contributed by atoms with van der Waals surface area (Å²) in [7, 11) is 1.91. The average Bonchev–Trinajstić information content (AvgIpc) is 2.83. The van der Waals surface area contributed by atoms with Crippen LogP contribution in [0.3, 0.4) is 0 Å². The molecule has 2 saturated carbocycles. The van der Waals surface area contributed by atoms with Crippen LogP contribution in [-0.4, -0.2) is 7.05 Å². The molecule has 0 spiro atoms. The highest BCUT2D eigenvalue weighted by atomic mass is 19.4. The number of rotatable bonds is 3. The second-order valence-electron chi connectivity index (χ2n) is 6.17. The van der Waals surface area contributed by atoms with Gasteiger partial charge in [0.1, 0.15) is 0 Å². The maximum absolute atomic E-state index is 12.7. The Hall–Kier alpha value is -1.03. The molecule has 2 aliphatic carbocycles. The van der Waals surface area contributed by atoms with Gasteiger partial charge in [-0.2, -0.15) is 13.2 Å². The van der Waals surface area contributed by atoms with Crippen molar-refractivity contribution >= 4 is 0 Å². The van der Waals surface area contributed by atoms with E-state index in [0.717, 1.165) is 23.0 Å². The number of halogens is 3. The summed E-state index contributed by atoms with van der Waals surface area (Å²) in [5.74, 6) is 2.19. The lowest BCUT2D eigenvalue weighted by atomic mass is 9.92. The van der Waals surface area contributed by atoms with Crippen molar-refractivity contribution in [1.82, 2.24) is 5.32 Å². The molecule has 3 atom stereocenters. The summed E-state index contributed by atoms with van der Waals surface area (Å²) in [5.41, 5.74) is 1.22. The highest BCUT2D eigenvalue weighted by Gasteiger charge is 2.55. The van der Waals surface area contributed by atoms with Crippen LogP contribution in [0.2, 0.25) is 0 Å². The molecule has 0 aromatic heterocycles. The Balaban J connectivity index is 1.85. The SMILES string of the molecule is CNC(c1ccc(C(F)(F)F)cc1C)C1C2CCCC21. The highest BCUT2D eigenvalue weighted by Crippen LogP contribution is 2.62. The van der Waals surface area contributed by atoms with Crippen LogP contribution < -0.4 is 5.32 Å². The van der Waals surface area contributed by atoms with Gasteiger partial charge in [-0.15, -0.1) is 0 Å². The normalized spacial score (nSPS) is 30.1. The quantitative estimate of drug-likeness (QED) is 0.871. The van der Waals surface area contributed by atoms with Crippen LogP contribution in [0, 0.1) is 24.7 Å². The first-order valence-corrected chi connectivity index (χ1v) is 7.28. The maximum Gasteiger partial charge on any atom is 0.416 e. The monoisotopic (exact) mass is 283 g/mol. The van der Waals surface area contributed by atoms with E-state index in [1.807, 2.05) is 7.05 Å². The van der Waals surface area contributed by atoms with Crippen molar-refractivity contribution in [2.75, 3.05) is 7.05 Å². The van der Waals surface area contributed by atoms with E-state index in [9.17, 15) is 13.2 Å². The van der Waals surface area contributed by atoms with Crippen LogP contribution in [0.1, 0.15) is 42.0 Å². The van der Waals surface area contributed by atoms with Gasteiger partial charge in [-0.3, -0.25) is 0 Å². The van der Waals surface area contributed by atoms with Crippen molar-refractivity contribution in [1.29, 1.82) is 0 Å². The molecule has 0 bridgehead atoms. The largest absolute Gasteiger partial charge is 0.416 e. The van der Waals surface area contributed by atoms with Crippen molar-refractivity contribution in [3.05, 3.63) is 34.9 Å². The zero-order valence-electron chi connectivity index (χ0n) is 11.8. The van der Waals surface area contributed by atoms with Gasteiger partial charge in [0.15, 0.2) is 0 Å². The van der Waals surface area contributed by atoms with Crippen LogP contribution >= 0.6 is 0 Å². The molecule has 110 valence electrons. The second kappa shape index (κ2) is 4.76. The van der Waals surface area contributed by atoms with Gasteiger partial charge in [0, 0.05) is 6.04 Å². The Kier molecular flexibility index (Phi) is 3.32. The third kappa shape index (κ3) is 2.24. The summed E-state index contributed by atoms with van der Waals surface area (Å²) >= 11 is 0. The maximum atomic E-state index is 12.7. The van der Waals surface area contributed by atoms with Gasteiger partial charge in [0.25, 0.3) is 0 Å². The van der Waals surface area contributed by atoms with E-state index >= 15 is 0 Å². The molecule has 2 fully saturated rings. The van der Waals surface area contributed by atoms with E-state index in [1.165, 1.54) is 31.4 Å². The first kappa shape index (κ1) is 13.9. The molecule has 0 aliphatic heterocycles. The van der Waals surface area contributed by atoms with Gasteiger partial charge in [0.05, 0.1) is 5.56 Å². The third-order valence-electron chi connectivity index (χ3n) is 5.10. The first-order valence-electron chi connectivity index (χ1n) is 7.28. The fourth-order valence-electron chi connectivity index (χ4n) is 4.13. The number of nitrogens with one attached hydrogen (secondary N) is 1. The Labute approximate surface area is 117 Å². The molecule has 20 heavy (non-hydrogen) atoms. The average molecular weight is 283 g/mol. The van der Waals surface area contributed by atoms with Crippen molar-refractivity contribution in [3.8, 4) is 0 Å². The lowest BCUT2D eigenvalue weighted by Crippen LogP contribution is -2.22. The van der Waals surface area contributed by atoms with E-state index in [-0.39, 0.29) is 6.04 Å². The van der Waals surface area contributed by atoms with Gasteiger partial charge in [-0.1, -0.05) is 12.5 Å². The molecule has 1 nitrogen and oxygen atoms in total. The molecule has 3 unspecified atom stereocenters. The first-order chi connectivity index (χ1) is 9.43. The highest BCUT2D eigenvalue weighted by molar-refractivity contribution is 5.36. The number of fused-ring (bicyclic) bond motifs is 1. The van der Waals surface area contributed by atoms with Gasteiger partial charge in [-0.25, -0.2) is 0 Å². The van der Waals surface area contributed by atoms with Crippen LogP contribution in [0.4, 0.5) is 13.2 Å². The minimum Gasteiger partial charge on any atom is -0.313 e. The van der Waals surface area contributed by atoms with Crippen LogP contribution in [0.15, 0.2) is 18.2 Å². The van der Waals surface area contributed by atoms with E-state index in [4.69, 9.17) is 0 Å². The molecule has 2 aliphatic rings. The Bertz CT molecular complexity index is 499. The Morgan fingerprint density at radius 3 is 2.35 bits per heavy atom. The second-order valence-corrected chi connectivity index (χ2v) is 6.17. The molecule has 1 N–H and O–H groups in total. The van der Waals surface area contributed by atoms with Crippen molar-refractivity contribution in [2.45, 2.75) is 38.4 Å². The number of hydrogen-bond acceptors (Lipinski definition) is 1. The molecule has 1 aromatic rings. The predicted molar refractivity (Wildman–Crippen MR) is 72.3 cm³/mol. The summed E-state index contributed by atoms with van der Waals surface area (Å²) in [5, 5.41) is 3.33. The lowest BCUT2D eigenvalue weighted by Gasteiger charge is -2.22. The minimum atomic E-state index is -4.26. The van der Waals surface area contributed by atoms with Crippen LogP contribution in [0.5, 0.6) is 0 Å². The topological polar surface area (TPSA) is 12.0 Å². The molecular formula is C16H20F3N. The van der Waals surface area contributed by atoms with Gasteiger partial charge in [-0.05, 0) is 67.8 Å². The molecular weight excluding hydrogens is 263 g/mol. The fourth-order valence-corrected chi connectivity index (χ4v) is 4.13. The van der Waals surface area contributed by atoms with Crippen molar-refractivity contribution < 1.29 is 13.2 Å². The number of hydrogen-bond donors (Lipinski definition) is 1. The standard InChI is InChI=1S/C16H20F3N/c1-9-8-10(16(17,18)19)6-7-11(9)15(20-2)14-12-4-3-5-13(12)14/h6-8,12-15,20H,3-5H2,1-2H3. The van der Waals surface area contributed by atoms with E-state index < -0.39 is 11.7 Å². The lowest BCUT2D eigenvalue weighted by molar-refractivity contribution is -0.137. The molecule has 1 aromatic carbocycles. The van der Waals surface area contributed by atoms with E-state index in [2.05, 4.69) is 5.32 Å². The third-order valence-corrected chi connectivity index (χ3v) is 5.10. The predicted octanol–water partition coefficient (Wildman–Crippen LogP) is 4.32. The number of benzene rings is 1. The summed E-state index contributed by atoms with van der Waals surface area (Å²) < 4.78 is 38.2. The fraction of sp³-hybridized carbons (Fsp3) is 0.625. The summed E-state index contributed by atoms with van der Waals surface area (Å²) in [6, 6.07) is 4.35. The van der Waals surface area contributed by atoms with Crippen LogP contribution in [-0.2, 0) is 6.18 Å². The number of alkyl halides is 3. The molecule has 3 rings (SSSR count). The van der Waals surface area contributed by atoms with Crippen LogP contribution in [0.25, 0.3) is 0 Å². The van der Waals surface area contributed by atoms with Gasteiger partial charge >= 0.3 is 6.18 Å². The van der Waals surface area contributed by atoms with Gasteiger partial charge in [0.2, 0.25) is 0 Å². The summed E-state index contributed by atoms with van der Waals surface area (Å²) in [4.78, 5) is 0. The minimum absolute atomic E-state index is 0.201. The van der Waals surface area contributed by atoms with E-state index in [1.54, 1.807) is 13.0 Å². The Morgan fingerprint density at radius 2 is 1.85 bits per heavy atom. The smallest absolute Gasteiger partial charge is 0.313 e. The zero-order chi connectivity index (χ0) is 14.5. The summed E-state index contributed by atoms with van der Waals surface area (Å²) in [6.45, 7) is 1.78. The molecule has 0 heterocycles. The molecule has 0 amide bonds. The zero-order valence-corrected chi connectivity index (χ0v) is 11.8. The van der Waals surface area contributed by atoms with Crippen molar-refractivity contribution in [3.63, 3.8) is 0 Å². The van der Waals surface area contributed by atoms with E-state index in [0.29, 0.717) is 5.92 Å². The van der Waals surface area contributed by atoms with Crippen molar-refractivity contribution in [2.24, 2.45) is 17.8 Å². The molecule has 0 saturated heterocycles. The molecule has 0 radical (unpaired) electrons. The number of aryl methyl sites for hydroxylation is 1. The molecule has 4 heteroatoms.